The van der Waals surface area contributed by atoms with E-state index in [4.69, 9.17) is 5.11 Å². The molecule has 0 saturated heterocycles. The van der Waals surface area contributed by atoms with Crippen LogP contribution >= 0.6 is 0 Å². The van der Waals surface area contributed by atoms with Gasteiger partial charge in [-0.05, 0) is 42.9 Å². The molecule has 2 aliphatic carbocycles. The van der Waals surface area contributed by atoms with E-state index in [1.54, 1.807) is 0 Å². The van der Waals surface area contributed by atoms with Crippen molar-refractivity contribution in [3.05, 3.63) is 0 Å². The van der Waals surface area contributed by atoms with Gasteiger partial charge in [0, 0.05) is 6.42 Å². The van der Waals surface area contributed by atoms with E-state index in [-0.39, 0.29) is 0 Å². The van der Waals surface area contributed by atoms with Gasteiger partial charge in [-0.1, -0.05) is 77.6 Å². The Morgan fingerprint density at radius 3 is 2.30 bits per heavy atom. The monoisotopic (exact) mass is 322 g/mol. The summed E-state index contributed by atoms with van der Waals surface area (Å²) in [4.78, 5) is 10.5. The Kier molecular flexibility index (Phi) is 8.47. The number of carbonyl (C=O) groups is 1. The van der Waals surface area contributed by atoms with Crippen LogP contribution in [0.1, 0.15) is 103 Å². The number of unbranched alkanes of at least 4 members (excludes halogenated alkanes) is 6. The van der Waals surface area contributed by atoms with Crippen LogP contribution in [0.3, 0.4) is 0 Å². The van der Waals surface area contributed by atoms with Crippen molar-refractivity contribution < 1.29 is 9.90 Å². The minimum absolute atomic E-state index is 0.355. The molecule has 2 nitrogen and oxygen atoms in total. The van der Waals surface area contributed by atoms with E-state index in [9.17, 15) is 4.79 Å². The van der Waals surface area contributed by atoms with Gasteiger partial charge in [-0.25, -0.2) is 0 Å². The Bertz CT molecular complexity index is 339. The topological polar surface area (TPSA) is 37.3 Å². The van der Waals surface area contributed by atoms with Gasteiger partial charge >= 0.3 is 5.97 Å². The second-order valence-corrected chi connectivity index (χ2v) is 8.21. The van der Waals surface area contributed by atoms with Crippen molar-refractivity contribution in [1.82, 2.24) is 0 Å². The summed E-state index contributed by atoms with van der Waals surface area (Å²) in [5, 5.41) is 8.66. The third-order valence-corrected chi connectivity index (χ3v) is 6.39. The molecule has 0 aromatic carbocycles. The lowest BCUT2D eigenvalue weighted by atomic mass is 9.86. The summed E-state index contributed by atoms with van der Waals surface area (Å²) in [5.41, 5.74) is 0. The van der Waals surface area contributed by atoms with Gasteiger partial charge in [0.15, 0.2) is 0 Å². The Hall–Kier alpha value is -0.530. The maximum atomic E-state index is 10.5. The highest BCUT2D eigenvalue weighted by atomic mass is 16.4. The molecule has 0 aliphatic heterocycles. The van der Waals surface area contributed by atoms with Gasteiger partial charge in [-0.2, -0.15) is 0 Å². The zero-order chi connectivity index (χ0) is 16.5. The van der Waals surface area contributed by atoms with Gasteiger partial charge in [-0.3, -0.25) is 4.79 Å². The van der Waals surface area contributed by atoms with E-state index in [0.717, 1.165) is 36.5 Å². The van der Waals surface area contributed by atoms with Gasteiger partial charge in [0.25, 0.3) is 0 Å². The standard InChI is InChI=1S/C21H38O2/c1-2-3-4-7-12-18-16-20(18)19-14-10-13-17(19)11-8-5-6-9-15-21(22)23/h17-20H,2-16H2,1H3,(H,22,23)/t17-,18?,19-,20?/m0/s1. The number of rotatable bonds is 13. The van der Waals surface area contributed by atoms with Gasteiger partial charge in [0.2, 0.25) is 0 Å². The van der Waals surface area contributed by atoms with Crippen LogP contribution in [0, 0.1) is 23.7 Å². The van der Waals surface area contributed by atoms with Crippen LogP contribution < -0.4 is 0 Å². The Balaban J connectivity index is 1.54. The molecule has 2 rings (SSSR count). The molecule has 2 aliphatic rings. The Morgan fingerprint density at radius 2 is 1.57 bits per heavy atom. The first-order valence-corrected chi connectivity index (χ1v) is 10.4. The number of hydrogen-bond donors (Lipinski definition) is 1. The Labute approximate surface area is 143 Å². The largest absolute Gasteiger partial charge is 0.481 e. The maximum Gasteiger partial charge on any atom is 0.303 e. The van der Waals surface area contributed by atoms with E-state index >= 15 is 0 Å². The lowest BCUT2D eigenvalue weighted by Crippen LogP contribution is -2.11. The first-order valence-electron chi connectivity index (χ1n) is 10.4. The fourth-order valence-corrected chi connectivity index (χ4v) is 4.98. The summed E-state index contributed by atoms with van der Waals surface area (Å²) in [5.74, 6) is 3.56. The van der Waals surface area contributed by atoms with Crippen LogP contribution in [0.2, 0.25) is 0 Å². The summed E-state index contributed by atoms with van der Waals surface area (Å²) >= 11 is 0. The molecule has 2 heteroatoms. The molecule has 4 atom stereocenters. The number of aliphatic carboxylic acids is 1. The first kappa shape index (κ1) is 18.8. The smallest absolute Gasteiger partial charge is 0.303 e. The number of hydrogen-bond acceptors (Lipinski definition) is 1. The summed E-state index contributed by atoms with van der Waals surface area (Å²) in [6.07, 6.45) is 19.5. The molecule has 2 saturated carbocycles. The van der Waals surface area contributed by atoms with E-state index in [2.05, 4.69) is 6.92 Å². The zero-order valence-corrected chi connectivity index (χ0v) is 15.3. The number of carboxylic acids is 1. The molecule has 23 heavy (non-hydrogen) atoms. The molecular weight excluding hydrogens is 284 g/mol. The molecule has 134 valence electrons. The fraction of sp³-hybridized carbons (Fsp3) is 0.952. The quantitative estimate of drug-likeness (QED) is 0.396. The highest BCUT2D eigenvalue weighted by molar-refractivity contribution is 5.66. The molecular formula is C21H38O2. The van der Waals surface area contributed by atoms with Crippen LogP contribution in [0.25, 0.3) is 0 Å². The normalized spacial score (nSPS) is 29.8. The first-order chi connectivity index (χ1) is 11.2. The van der Waals surface area contributed by atoms with Gasteiger partial charge in [-0.15, -0.1) is 0 Å². The van der Waals surface area contributed by atoms with Crippen molar-refractivity contribution in [2.75, 3.05) is 0 Å². The molecule has 0 spiro atoms. The zero-order valence-electron chi connectivity index (χ0n) is 15.3. The maximum absolute atomic E-state index is 10.5. The summed E-state index contributed by atoms with van der Waals surface area (Å²) in [6.45, 7) is 2.30. The lowest BCUT2D eigenvalue weighted by Gasteiger charge is -2.20. The predicted molar refractivity (Wildman–Crippen MR) is 96.5 cm³/mol. The SMILES string of the molecule is CCCCCCC1CC1[C@H]1CCC[C@@H]1CCCCCCC(=O)O. The third-order valence-electron chi connectivity index (χ3n) is 6.39. The van der Waals surface area contributed by atoms with Crippen molar-refractivity contribution in [2.45, 2.75) is 103 Å². The highest BCUT2D eigenvalue weighted by Gasteiger charge is 2.46. The number of carboxylic acid groups (broad SMARTS) is 1. The molecule has 0 heterocycles. The minimum Gasteiger partial charge on any atom is -0.481 e. The molecule has 1 N–H and O–H groups in total. The Morgan fingerprint density at radius 1 is 0.870 bits per heavy atom. The lowest BCUT2D eigenvalue weighted by molar-refractivity contribution is -0.137. The van der Waals surface area contributed by atoms with Crippen molar-refractivity contribution in [1.29, 1.82) is 0 Å². The molecule has 0 bridgehead atoms. The average Bonchev–Trinajstić information content (AvgIpc) is 3.14. The van der Waals surface area contributed by atoms with Crippen LogP contribution in [0.15, 0.2) is 0 Å². The average molecular weight is 323 g/mol. The van der Waals surface area contributed by atoms with Crippen LogP contribution in [-0.4, -0.2) is 11.1 Å². The molecule has 0 radical (unpaired) electrons. The minimum atomic E-state index is -0.639. The second kappa shape index (κ2) is 10.4. The van der Waals surface area contributed by atoms with Crippen LogP contribution in [0.5, 0.6) is 0 Å². The predicted octanol–water partition coefficient (Wildman–Crippen LogP) is 6.43. The van der Waals surface area contributed by atoms with Gasteiger partial charge in [0.05, 0.1) is 0 Å². The fourth-order valence-electron chi connectivity index (χ4n) is 4.98. The van der Waals surface area contributed by atoms with E-state index in [1.165, 1.54) is 77.0 Å². The summed E-state index contributed by atoms with van der Waals surface area (Å²) in [7, 11) is 0. The van der Waals surface area contributed by atoms with E-state index < -0.39 is 5.97 Å². The van der Waals surface area contributed by atoms with Crippen molar-refractivity contribution in [2.24, 2.45) is 23.7 Å². The van der Waals surface area contributed by atoms with Gasteiger partial charge in [0.1, 0.15) is 0 Å². The van der Waals surface area contributed by atoms with Crippen molar-refractivity contribution >= 4 is 5.97 Å². The van der Waals surface area contributed by atoms with Crippen LogP contribution in [-0.2, 0) is 4.79 Å². The van der Waals surface area contributed by atoms with Crippen molar-refractivity contribution in [3.63, 3.8) is 0 Å². The molecule has 0 amide bonds. The third kappa shape index (κ3) is 6.85. The van der Waals surface area contributed by atoms with E-state index in [0.29, 0.717) is 6.42 Å². The summed E-state index contributed by atoms with van der Waals surface area (Å²) in [6, 6.07) is 0. The highest BCUT2D eigenvalue weighted by Crippen LogP contribution is 2.55. The molecule has 2 fully saturated rings. The summed E-state index contributed by atoms with van der Waals surface area (Å²) < 4.78 is 0. The molecule has 0 aromatic heterocycles. The second-order valence-electron chi connectivity index (χ2n) is 8.21. The molecule has 2 unspecified atom stereocenters. The van der Waals surface area contributed by atoms with Crippen LogP contribution in [0.4, 0.5) is 0 Å². The van der Waals surface area contributed by atoms with E-state index in [1.807, 2.05) is 0 Å². The molecule has 0 aromatic rings. The van der Waals surface area contributed by atoms with Gasteiger partial charge < -0.3 is 5.11 Å². The van der Waals surface area contributed by atoms with Crippen molar-refractivity contribution in [3.8, 4) is 0 Å².